The Morgan fingerprint density at radius 3 is 2.88 bits per heavy atom. The van der Waals surface area contributed by atoms with Crippen LogP contribution in [0.2, 0.25) is 5.02 Å². The summed E-state index contributed by atoms with van der Waals surface area (Å²) in [5, 5.41) is 0.675. The summed E-state index contributed by atoms with van der Waals surface area (Å²) in [6, 6.07) is 5.83. The molecular weight excluding hydrogens is 245 g/mol. The van der Waals surface area contributed by atoms with Crippen molar-refractivity contribution in [3.63, 3.8) is 0 Å². The number of oxazole rings is 1. The third-order valence-corrected chi connectivity index (χ3v) is 2.75. The smallest absolute Gasteiger partial charge is 0.196 e. The van der Waals surface area contributed by atoms with E-state index >= 15 is 0 Å². The van der Waals surface area contributed by atoms with Crippen LogP contribution in [0, 0.1) is 6.92 Å². The van der Waals surface area contributed by atoms with Gasteiger partial charge in [0.25, 0.3) is 0 Å². The number of nitrogens with zero attached hydrogens (tertiary/aromatic N) is 1. The molecule has 0 saturated heterocycles. The Labute approximate surface area is 104 Å². The van der Waals surface area contributed by atoms with E-state index in [1.807, 2.05) is 25.1 Å². The molecule has 4 heteroatoms. The molecule has 0 aliphatic carbocycles. The number of hydrogen-bond donors (Lipinski definition) is 0. The molecule has 0 saturated carbocycles. The van der Waals surface area contributed by atoms with Gasteiger partial charge in [-0.15, -0.1) is 11.6 Å². The predicted octanol–water partition coefficient (Wildman–Crippen LogP) is 4.08. The number of aryl methyl sites for hydroxylation is 2. The molecule has 0 amide bonds. The molecule has 0 bridgehead atoms. The van der Waals surface area contributed by atoms with Crippen molar-refractivity contribution in [2.24, 2.45) is 0 Å². The predicted molar refractivity (Wildman–Crippen MR) is 66.1 cm³/mol. The zero-order valence-corrected chi connectivity index (χ0v) is 10.3. The summed E-state index contributed by atoms with van der Waals surface area (Å²) in [6.07, 6.45) is 2.31. The van der Waals surface area contributed by atoms with Crippen molar-refractivity contribution in [1.29, 1.82) is 0 Å². The van der Waals surface area contributed by atoms with Gasteiger partial charge in [0.1, 0.15) is 0 Å². The minimum absolute atomic E-state index is 0.502. The first-order valence-corrected chi connectivity index (χ1v) is 5.89. The minimum Gasteiger partial charge on any atom is -0.441 e. The van der Waals surface area contributed by atoms with Gasteiger partial charge in [-0.3, -0.25) is 0 Å². The van der Waals surface area contributed by atoms with Crippen molar-refractivity contribution in [3.8, 4) is 11.3 Å². The normalized spacial score (nSPS) is 10.7. The van der Waals surface area contributed by atoms with E-state index in [0.717, 1.165) is 11.1 Å². The first-order chi connectivity index (χ1) is 7.70. The van der Waals surface area contributed by atoms with Gasteiger partial charge in [-0.25, -0.2) is 4.98 Å². The lowest BCUT2D eigenvalue weighted by molar-refractivity contribution is 0.515. The second kappa shape index (κ2) is 4.89. The average Bonchev–Trinajstić information content (AvgIpc) is 2.67. The summed E-state index contributed by atoms with van der Waals surface area (Å²) in [5.41, 5.74) is 1.98. The van der Waals surface area contributed by atoms with Crippen molar-refractivity contribution >= 4 is 23.2 Å². The zero-order valence-electron chi connectivity index (χ0n) is 8.84. The summed E-state index contributed by atoms with van der Waals surface area (Å²) in [7, 11) is 0. The van der Waals surface area contributed by atoms with Crippen molar-refractivity contribution < 1.29 is 4.42 Å². The SMILES string of the molecule is Cc1ccc(-c2cnc(CCCl)o2)c(Cl)c1. The van der Waals surface area contributed by atoms with Crippen molar-refractivity contribution in [2.75, 3.05) is 5.88 Å². The van der Waals surface area contributed by atoms with Crippen LogP contribution in [0.15, 0.2) is 28.8 Å². The second-order valence-electron chi connectivity index (χ2n) is 3.54. The molecule has 2 nitrogen and oxygen atoms in total. The lowest BCUT2D eigenvalue weighted by Gasteiger charge is -2.01. The maximum absolute atomic E-state index is 6.14. The van der Waals surface area contributed by atoms with Crippen LogP contribution in [-0.4, -0.2) is 10.9 Å². The molecule has 0 N–H and O–H groups in total. The van der Waals surface area contributed by atoms with Crippen LogP contribution in [0.25, 0.3) is 11.3 Å². The lowest BCUT2D eigenvalue weighted by atomic mass is 10.1. The number of rotatable bonds is 3. The summed E-state index contributed by atoms with van der Waals surface area (Å²) in [5.74, 6) is 1.83. The molecule has 16 heavy (non-hydrogen) atoms. The van der Waals surface area contributed by atoms with Gasteiger partial charge in [-0.1, -0.05) is 17.7 Å². The largest absolute Gasteiger partial charge is 0.441 e. The Morgan fingerprint density at radius 2 is 2.19 bits per heavy atom. The van der Waals surface area contributed by atoms with Gasteiger partial charge in [0.05, 0.1) is 11.2 Å². The molecule has 2 rings (SSSR count). The third kappa shape index (κ3) is 2.39. The fourth-order valence-electron chi connectivity index (χ4n) is 1.45. The Morgan fingerprint density at radius 1 is 1.38 bits per heavy atom. The van der Waals surface area contributed by atoms with Gasteiger partial charge in [0.2, 0.25) is 0 Å². The minimum atomic E-state index is 0.502. The summed E-state index contributed by atoms with van der Waals surface area (Å²) in [6.45, 7) is 2.00. The number of aromatic nitrogens is 1. The Balaban J connectivity index is 2.35. The number of hydrogen-bond acceptors (Lipinski definition) is 2. The van der Waals surface area contributed by atoms with Crippen LogP contribution in [0.3, 0.4) is 0 Å². The standard InChI is InChI=1S/C12H11Cl2NO/c1-8-2-3-9(10(14)6-8)11-7-15-12(16-11)4-5-13/h2-3,6-7H,4-5H2,1H3. The van der Waals surface area contributed by atoms with Gasteiger partial charge in [0, 0.05) is 17.9 Å². The molecule has 1 heterocycles. The highest BCUT2D eigenvalue weighted by atomic mass is 35.5. The topological polar surface area (TPSA) is 26.0 Å². The molecule has 0 unspecified atom stereocenters. The van der Waals surface area contributed by atoms with Gasteiger partial charge < -0.3 is 4.42 Å². The van der Waals surface area contributed by atoms with Crippen LogP contribution in [0.4, 0.5) is 0 Å². The Bertz CT molecular complexity index is 494. The number of alkyl halides is 1. The number of benzene rings is 1. The van der Waals surface area contributed by atoms with E-state index in [0.29, 0.717) is 29.0 Å². The molecule has 0 atom stereocenters. The molecule has 84 valence electrons. The van der Waals surface area contributed by atoms with Crippen molar-refractivity contribution in [3.05, 3.63) is 40.9 Å². The van der Waals surface area contributed by atoms with Crippen LogP contribution < -0.4 is 0 Å². The highest BCUT2D eigenvalue weighted by molar-refractivity contribution is 6.33. The van der Waals surface area contributed by atoms with E-state index in [9.17, 15) is 0 Å². The van der Waals surface area contributed by atoms with Crippen LogP contribution in [0.1, 0.15) is 11.5 Å². The van der Waals surface area contributed by atoms with Crippen molar-refractivity contribution in [2.45, 2.75) is 13.3 Å². The highest BCUT2D eigenvalue weighted by Crippen LogP contribution is 2.29. The van der Waals surface area contributed by atoms with Crippen LogP contribution in [0.5, 0.6) is 0 Å². The van der Waals surface area contributed by atoms with Gasteiger partial charge in [0.15, 0.2) is 11.7 Å². The highest BCUT2D eigenvalue weighted by Gasteiger charge is 2.09. The van der Waals surface area contributed by atoms with Gasteiger partial charge >= 0.3 is 0 Å². The Hall–Kier alpha value is -0.990. The van der Waals surface area contributed by atoms with Crippen LogP contribution >= 0.6 is 23.2 Å². The molecule has 0 spiro atoms. The monoisotopic (exact) mass is 255 g/mol. The fourth-order valence-corrected chi connectivity index (χ4v) is 1.94. The molecule has 0 radical (unpaired) electrons. The first kappa shape index (κ1) is 11.5. The average molecular weight is 256 g/mol. The summed E-state index contributed by atoms with van der Waals surface area (Å²) < 4.78 is 5.55. The van der Waals surface area contributed by atoms with E-state index in [1.165, 1.54) is 0 Å². The summed E-state index contributed by atoms with van der Waals surface area (Å²) in [4.78, 5) is 4.14. The van der Waals surface area contributed by atoms with Crippen molar-refractivity contribution in [1.82, 2.24) is 4.98 Å². The maximum Gasteiger partial charge on any atom is 0.196 e. The molecule has 1 aromatic carbocycles. The van der Waals surface area contributed by atoms with E-state index in [2.05, 4.69) is 4.98 Å². The van der Waals surface area contributed by atoms with Gasteiger partial charge in [-0.05, 0) is 24.6 Å². The third-order valence-electron chi connectivity index (χ3n) is 2.25. The lowest BCUT2D eigenvalue weighted by Crippen LogP contribution is -1.83. The molecule has 0 fully saturated rings. The van der Waals surface area contributed by atoms with E-state index in [-0.39, 0.29) is 0 Å². The molecule has 0 aliphatic rings. The fraction of sp³-hybridized carbons (Fsp3) is 0.250. The van der Waals surface area contributed by atoms with E-state index < -0.39 is 0 Å². The molecule has 0 aliphatic heterocycles. The molecule has 2 aromatic rings. The number of halogens is 2. The molecular formula is C12H11Cl2NO. The van der Waals surface area contributed by atoms with E-state index in [1.54, 1.807) is 6.20 Å². The maximum atomic E-state index is 6.14. The summed E-state index contributed by atoms with van der Waals surface area (Å²) >= 11 is 11.8. The van der Waals surface area contributed by atoms with E-state index in [4.69, 9.17) is 27.6 Å². The van der Waals surface area contributed by atoms with Crippen LogP contribution in [-0.2, 0) is 6.42 Å². The quantitative estimate of drug-likeness (QED) is 0.773. The second-order valence-corrected chi connectivity index (χ2v) is 4.33. The first-order valence-electron chi connectivity index (χ1n) is 4.98. The zero-order chi connectivity index (χ0) is 11.5. The Kier molecular flexibility index (Phi) is 3.52. The molecule has 1 aromatic heterocycles. The van der Waals surface area contributed by atoms with Gasteiger partial charge in [-0.2, -0.15) is 0 Å².